The molecule has 132 valence electrons. The molecule has 3 rings (SSSR count). The van der Waals surface area contributed by atoms with Gasteiger partial charge in [0.2, 0.25) is 5.91 Å². The summed E-state index contributed by atoms with van der Waals surface area (Å²) in [6, 6.07) is 7.92. The number of hydrogen-bond acceptors (Lipinski definition) is 3. The van der Waals surface area contributed by atoms with E-state index in [9.17, 15) is 9.59 Å². The van der Waals surface area contributed by atoms with Crippen LogP contribution in [-0.2, 0) is 11.3 Å². The molecule has 0 aromatic heterocycles. The van der Waals surface area contributed by atoms with Crippen molar-refractivity contribution in [2.45, 2.75) is 38.8 Å². The second kappa shape index (κ2) is 7.99. The van der Waals surface area contributed by atoms with Gasteiger partial charge in [0.15, 0.2) is 0 Å². The lowest BCUT2D eigenvalue weighted by molar-refractivity contribution is -0.128. The van der Waals surface area contributed by atoms with Crippen LogP contribution in [0, 0.1) is 5.92 Å². The van der Waals surface area contributed by atoms with Gasteiger partial charge in [0.05, 0.1) is 0 Å². The normalized spacial score (nSPS) is 23.5. The third-order valence-corrected chi connectivity index (χ3v) is 5.00. The van der Waals surface area contributed by atoms with Crippen LogP contribution in [0.15, 0.2) is 24.3 Å². The molecule has 2 N–H and O–H groups in total. The Kier molecular flexibility index (Phi) is 6.24. The van der Waals surface area contributed by atoms with E-state index in [0.29, 0.717) is 31.0 Å². The van der Waals surface area contributed by atoms with Crippen molar-refractivity contribution in [3.63, 3.8) is 0 Å². The highest BCUT2D eigenvalue weighted by atomic mass is 35.5. The topological polar surface area (TPSA) is 66.6 Å². The standard InChI is InChI=1S/C18H25N3O2.ClH/c1-13-9-15(10-19)12-21(13)18(23)16-6-4-14(5-7-16)11-20-8-2-3-17(20)22;/h4-7,13,15H,2-3,8-12,19H2,1H3;1H. The summed E-state index contributed by atoms with van der Waals surface area (Å²) < 4.78 is 0. The number of amides is 2. The molecule has 2 unspecified atom stereocenters. The number of nitrogens with two attached hydrogens (primary N) is 1. The number of carbonyl (C=O) groups excluding carboxylic acids is 2. The summed E-state index contributed by atoms with van der Waals surface area (Å²) in [6.45, 7) is 4.95. The Bertz CT molecular complexity index is 590. The maximum atomic E-state index is 12.6. The smallest absolute Gasteiger partial charge is 0.254 e. The van der Waals surface area contributed by atoms with Gasteiger partial charge in [0.25, 0.3) is 5.91 Å². The highest BCUT2D eigenvalue weighted by Gasteiger charge is 2.32. The molecule has 0 bridgehead atoms. The Balaban J connectivity index is 0.00000208. The van der Waals surface area contributed by atoms with Crippen molar-refractivity contribution in [3.05, 3.63) is 35.4 Å². The zero-order valence-corrected chi connectivity index (χ0v) is 14.9. The molecule has 2 atom stereocenters. The van der Waals surface area contributed by atoms with Crippen LogP contribution in [-0.4, -0.2) is 47.3 Å². The van der Waals surface area contributed by atoms with E-state index in [2.05, 4.69) is 6.92 Å². The Morgan fingerprint density at radius 3 is 2.54 bits per heavy atom. The van der Waals surface area contributed by atoms with Gasteiger partial charge in [-0.15, -0.1) is 12.4 Å². The van der Waals surface area contributed by atoms with E-state index in [1.54, 1.807) is 0 Å². The van der Waals surface area contributed by atoms with Gasteiger partial charge in [-0.3, -0.25) is 9.59 Å². The molecule has 2 amide bonds. The average molecular weight is 352 g/mol. The lowest BCUT2D eigenvalue weighted by Gasteiger charge is -2.22. The third kappa shape index (κ3) is 3.90. The molecule has 0 saturated carbocycles. The van der Waals surface area contributed by atoms with Gasteiger partial charge in [0.1, 0.15) is 0 Å². The minimum absolute atomic E-state index is 0. The molecule has 0 aliphatic carbocycles. The van der Waals surface area contributed by atoms with Crippen LogP contribution in [0.4, 0.5) is 0 Å². The largest absolute Gasteiger partial charge is 0.338 e. The molecular formula is C18H26ClN3O2. The van der Waals surface area contributed by atoms with E-state index in [4.69, 9.17) is 5.73 Å². The van der Waals surface area contributed by atoms with Crippen molar-refractivity contribution < 1.29 is 9.59 Å². The summed E-state index contributed by atoms with van der Waals surface area (Å²) >= 11 is 0. The first-order valence-electron chi connectivity index (χ1n) is 8.46. The maximum Gasteiger partial charge on any atom is 0.254 e. The molecule has 2 heterocycles. The lowest BCUT2D eigenvalue weighted by atomic mass is 10.1. The van der Waals surface area contributed by atoms with E-state index < -0.39 is 0 Å². The Hall–Kier alpha value is -1.59. The van der Waals surface area contributed by atoms with E-state index in [1.807, 2.05) is 34.1 Å². The van der Waals surface area contributed by atoms with Crippen molar-refractivity contribution >= 4 is 24.2 Å². The van der Waals surface area contributed by atoms with Crippen molar-refractivity contribution in [1.29, 1.82) is 0 Å². The van der Waals surface area contributed by atoms with Crippen LogP contribution in [0.5, 0.6) is 0 Å². The van der Waals surface area contributed by atoms with Crippen molar-refractivity contribution in [1.82, 2.24) is 9.80 Å². The van der Waals surface area contributed by atoms with Crippen molar-refractivity contribution in [2.75, 3.05) is 19.6 Å². The van der Waals surface area contributed by atoms with Crippen LogP contribution < -0.4 is 5.73 Å². The molecule has 2 aliphatic rings. The molecule has 6 heteroatoms. The van der Waals surface area contributed by atoms with Crippen LogP contribution >= 0.6 is 12.4 Å². The molecule has 2 fully saturated rings. The minimum Gasteiger partial charge on any atom is -0.338 e. The van der Waals surface area contributed by atoms with Crippen molar-refractivity contribution in [3.8, 4) is 0 Å². The monoisotopic (exact) mass is 351 g/mol. The summed E-state index contributed by atoms with van der Waals surface area (Å²) in [5.74, 6) is 0.718. The summed E-state index contributed by atoms with van der Waals surface area (Å²) in [5.41, 5.74) is 7.52. The fourth-order valence-electron chi connectivity index (χ4n) is 3.61. The fourth-order valence-corrected chi connectivity index (χ4v) is 3.61. The number of nitrogens with zero attached hydrogens (tertiary/aromatic N) is 2. The molecule has 0 spiro atoms. The van der Waals surface area contributed by atoms with E-state index in [1.165, 1.54) is 0 Å². The van der Waals surface area contributed by atoms with E-state index >= 15 is 0 Å². The number of likely N-dealkylation sites (tertiary alicyclic amines) is 2. The third-order valence-electron chi connectivity index (χ3n) is 5.00. The number of benzene rings is 1. The molecule has 24 heavy (non-hydrogen) atoms. The predicted molar refractivity (Wildman–Crippen MR) is 96.0 cm³/mol. The zero-order chi connectivity index (χ0) is 16.4. The van der Waals surface area contributed by atoms with Crippen LogP contribution in [0.2, 0.25) is 0 Å². The highest BCUT2D eigenvalue weighted by Crippen LogP contribution is 2.24. The van der Waals surface area contributed by atoms with Crippen LogP contribution in [0.25, 0.3) is 0 Å². The first-order chi connectivity index (χ1) is 11.1. The van der Waals surface area contributed by atoms with E-state index in [-0.39, 0.29) is 30.3 Å². The molecular weight excluding hydrogens is 326 g/mol. The second-order valence-electron chi connectivity index (χ2n) is 6.76. The summed E-state index contributed by atoms with van der Waals surface area (Å²) in [7, 11) is 0. The van der Waals surface area contributed by atoms with Gasteiger partial charge >= 0.3 is 0 Å². The Morgan fingerprint density at radius 1 is 1.29 bits per heavy atom. The number of halogens is 1. The van der Waals surface area contributed by atoms with Gasteiger partial charge < -0.3 is 15.5 Å². The number of rotatable bonds is 4. The van der Waals surface area contributed by atoms with Gasteiger partial charge in [-0.2, -0.15) is 0 Å². The molecule has 5 nitrogen and oxygen atoms in total. The van der Waals surface area contributed by atoms with Gasteiger partial charge in [-0.1, -0.05) is 12.1 Å². The SMILES string of the molecule is CC1CC(CN)CN1C(=O)c1ccc(CN2CCCC2=O)cc1.Cl. The molecule has 1 aromatic rings. The maximum absolute atomic E-state index is 12.6. The van der Waals surface area contributed by atoms with Gasteiger partial charge in [-0.05, 0) is 49.9 Å². The first kappa shape index (κ1) is 18.7. The molecule has 1 aromatic carbocycles. The predicted octanol–water partition coefficient (Wildman–Crippen LogP) is 2.04. The summed E-state index contributed by atoms with van der Waals surface area (Å²) in [4.78, 5) is 28.1. The second-order valence-corrected chi connectivity index (χ2v) is 6.76. The Labute approximate surface area is 149 Å². The average Bonchev–Trinajstić information content (AvgIpc) is 3.13. The Morgan fingerprint density at radius 2 is 2.00 bits per heavy atom. The fraction of sp³-hybridized carbons (Fsp3) is 0.556. The highest BCUT2D eigenvalue weighted by molar-refractivity contribution is 5.94. The van der Waals surface area contributed by atoms with Gasteiger partial charge in [-0.25, -0.2) is 0 Å². The van der Waals surface area contributed by atoms with E-state index in [0.717, 1.165) is 31.5 Å². The zero-order valence-electron chi connectivity index (χ0n) is 14.1. The lowest BCUT2D eigenvalue weighted by Crippen LogP contribution is -2.34. The first-order valence-corrected chi connectivity index (χ1v) is 8.46. The van der Waals surface area contributed by atoms with Crippen molar-refractivity contribution in [2.24, 2.45) is 11.7 Å². The molecule has 2 aliphatic heterocycles. The summed E-state index contributed by atoms with van der Waals surface area (Å²) in [6.07, 6.45) is 2.59. The van der Waals surface area contributed by atoms with Crippen LogP contribution in [0.1, 0.15) is 42.1 Å². The summed E-state index contributed by atoms with van der Waals surface area (Å²) in [5, 5.41) is 0. The number of carbonyl (C=O) groups is 2. The molecule has 2 saturated heterocycles. The minimum atomic E-state index is 0. The molecule has 0 radical (unpaired) electrons. The quantitative estimate of drug-likeness (QED) is 0.902. The number of hydrogen-bond donors (Lipinski definition) is 1. The van der Waals surface area contributed by atoms with Crippen LogP contribution in [0.3, 0.4) is 0 Å². The van der Waals surface area contributed by atoms with Gasteiger partial charge in [0, 0.05) is 37.7 Å².